The smallest absolute Gasteiger partial charge is 0.193 e. The van der Waals surface area contributed by atoms with Crippen LogP contribution in [-0.2, 0) is 26.6 Å². The highest BCUT2D eigenvalue weighted by atomic mass is 16.7. The molecule has 1 aromatic carbocycles. The van der Waals surface area contributed by atoms with E-state index in [-0.39, 0.29) is 6.29 Å². The summed E-state index contributed by atoms with van der Waals surface area (Å²) < 4.78 is 16.2. The molecule has 100 valence electrons. The summed E-state index contributed by atoms with van der Waals surface area (Å²) in [7, 11) is 0. The Morgan fingerprint density at radius 1 is 1.37 bits per heavy atom. The highest BCUT2D eigenvalue weighted by Crippen LogP contribution is 2.40. The predicted octanol–water partition coefficient (Wildman–Crippen LogP) is 2.07. The highest BCUT2D eigenvalue weighted by molar-refractivity contribution is 5.51. The zero-order valence-corrected chi connectivity index (χ0v) is 10.5. The van der Waals surface area contributed by atoms with Crippen molar-refractivity contribution >= 4 is 5.69 Å². The first-order chi connectivity index (χ1) is 9.21. The molecule has 3 rings (SSSR count). The molecule has 1 unspecified atom stereocenters. The van der Waals surface area contributed by atoms with Gasteiger partial charge in [0.2, 0.25) is 0 Å². The van der Waals surface area contributed by atoms with E-state index in [1.165, 1.54) is 0 Å². The largest absolute Gasteiger partial charge is 0.362 e. The van der Waals surface area contributed by atoms with E-state index in [0.717, 1.165) is 11.1 Å². The third-order valence-corrected chi connectivity index (χ3v) is 3.51. The molecule has 1 atom stereocenters. The fourth-order valence-corrected chi connectivity index (χ4v) is 2.52. The van der Waals surface area contributed by atoms with Crippen LogP contribution in [0.1, 0.15) is 24.0 Å². The van der Waals surface area contributed by atoms with Crippen molar-refractivity contribution in [2.75, 3.05) is 13.2 Å². The molecule has 0 spiro atoms. The highest BCUT2D eigenvalue weighted by Gasteiger charge is 2.38. The Bertz CT molecular complexity index is 519. The predicted molar refractivity (Wildman–Crippen MR) is 66.3 cm³/mol. The van der Waals surface area contributed by atoms with Gasteiger partial charge in [-0.2, -0.15) is 0 Å². The van der Waals surface area contributed by atoms with E-state index >= 15 is 0 Å². The Kier molecular flexibility index (Phi) is 3.25. The molecular weight excluding hydrogens is 246 g/mol. The number of aliphatic hydroxyl groups is 1. The van der Waals surface area contributed by atoms with Crippen molar-refractivity contribution in [3.8, 4) is 0 Å². The number of hydrogen-bond acceptors (Lipinski definition) is 4. The van der Waals surface area contributed by atoms with Crippen molar-refractivity contribution in [1.82, 2.24) is 0 Å². The van der Waals surface area contributed by atoms with Crippen LogP contribution < -0.4 is 0 Å². The second kappa shape index (κ2) is 4.91. The number of benzene rings is 1. The number of hydrogen-bond donors (Lipinski definition) is 1. The van der Waals surface area contributed by atoms with Gasteiger partial charge in [0.25, 0.3) is 0 Å². The quantitative estimate of drug-likeness (QED) is 0.846. The summed E-state index contributed by atoms with van der Waals surface area (Å²) in [6.07, 6.45) is 0.752. The van der Waals surface area contributed by atoms with E-state index in [0.29, 0.717) is 38.3 Å². The zero-order valence-electron chi connectivity index (χ0n) is 10.5. The minimum Gasteiger partial charge on any atom is -0.362 e. The molecule has 0 saturated carbocycles. The van der Waals surface area contributed by atoms with Crippen molar-refractivity contribution in [3.63, 3.8) is 0 Å². The van der Waals surface area contributed by atoms with Gasteiger partial charge in [0.1, 0.15) is 0 Å². The number of rotatable bonds is 3. The fourth-order valence-electron chi connectivity index (χ4n) is 2.52. The van der Waals surface area contributed by atoms with Crippen molar-refractivity contribution in [2.45, 2.75) is 31.5 Å². The molecule has 0 bridgehead atoms. The van der Waals surface area contributed by atoms with Crippen molar-refractivity contribution in [3.05, 3.63) is 40.7 Å². The van der Waals surface area contributed by atoms with Gasteiger partial charge in [0.05, 0.1) is 26.4 Å². The maximum absolute atomic E-state index is 10.6. The van der Waals surface area contributed by atoms with Crippen LogP contribution in [0, 0.1) is 6.57 Å². The molecule has 5 heteroatoms. The van der Waals surface area contributed by atoms with Crippen LogP contribution in [0.3, 0.4) is 0 Å². The first kappa shape index (κ1) is 12.6. The monoisotopic (exact) mass is 261 g/mol. The Hall–Kier alpha value is -1.45. The maximum Gasteiger partial charge on any atom is 0.193 e. The van der Waals surface area contributed by atoms with Gasteiger partial charge in [-0.15, -0.1) is 0 Å². The molecule has 1 saturated heterocycles. The molecule has 2 aliphatic rings. The number of ether oxygens (including phenoxy) is 3. The van der Waals surface area contributed by atoms with Gasteiger partial charge in [-0.25, -0.2) is 4.85 Å². The molecular formula is C14H15NO4. The molecule has 0 radical (unpaired) electrons. The van der Waals surface area contributed by atoms with E-state index in [4.69, 9.17) is 20.8 Å². The standard InChI is InChI=1S/C14H15NO4/c1-15-11-2-3-12-10(8-11)9-19-14(12,16)5-4-13-17-6-7-18-13/h2-3,8,13,16H,4-7,9H2. The van der Waals surface area contributed by atoms with Gasteiger partial charge in [0, 0.05) is 18.4 Å². The number of fused-ring (bicyclic) bond motifs is 1. The summed E-state index contributed by atoms with van der Waals surface area (Å²) in [5, 5.41) is 10.6. The third-order valence-electron chi connectivity index (χ3n) is 3.51. The normalized spacial score (nSPS) is 26.3. The molecule has 19 heavy (non-hydrogen) atoms. The lowest BCUT2D eigenvalue weighted by atomic mass is 9.98. The van der Waals surface area contributed by atoms with E-state index in [1.807, 2.05) is 0 Å². The van der Waals surface area contributed by atoms with Gasteiger partial charge >= 0.3 is 0 Å². The van der Waals surface area contributed by atoms with Gasteiger partial charge in [-0.3, -0.25) is 0 Å². The minimum absolute atomic E-state index is 0.251. The third kappa shape index (κ3) is 2.36. The van der Waals surface area contributed by atoms with Crippen molar-refractivity contribution in [2.24, 2.45) is 0 Å². The van der Waals surface area contributed by atoms with Crippen LogP contribution in [0.25, 0.3) is 4.85 Å². The second-order valence-corrected chi connectivity index (χ2v) is 4.74. The Morgan fingerprint density at radius 2 is 2.16 bits per heavy atom. The van der Waals surface area contributed by atoms with Gasteiger partial charge < -0.3 is 19.3 Å². The number of nitrogens with zero attached hydrogens (tertiary/aromatic N) is 1. The average Bonchev–Trinajstić information content (AvgIpc) is 3.05. The van der Waals surface area contributed by atoms with Crippen molar-refractivity contribution < 1.29 is 19.3 Å². The van der Waals surface area contributed by atoms with Crippen LogP contribution >= 0.6 is 0 Å². The molecule has 0 aromatic heterocycles. The Labute approximate surface area is 111 Å². The SMILES string of the molecule is [C-]#[N+]c1ccc2c(c1)COC2(O)CCC1OCCO1. The molecule has 5 nitrogen and oxygen atoms in total. The molecule has 1 aromatic rings. The second-order valence-electron chi connectivity index (χ2n) is 4.74. The summed E-state index contributed by atoms with van der Waals surface area (Å²) in [5.41, 5.74) is 2.19. The summed E-state index contributed by atoms with van der Waals surface area (Å²) in [6, 6.07) is 5.24. The van der Waals surface area contributed by atoms with Crippen LogP contribution in [0.2, 0.25) is 0 Å². The summed E-state index contributed by atoms with van der Waals surface area (Å²) >= 11 is 0. The van der Waals surface area contributed by atoms with Gasteiger partial charge in [-0.05, 0) is 5.56 Å². The lowest BCUT2D eigenvalue weighted by molar-refractivity contribution is -0.215. The van der Waals surface area contributed by atoms with E-state index in [9.17, 15) is 5.11 Å². The lowest BCUT2D eigenvalue weighted by Gasteiger charge is -2.24. The summed E-state index contributed by atoms with van der Waals surface area (Å²) in [4.78, 5) is 3.38. The summed E-state index contributed by atoms with van der Waals surface area (Å²) in [6.45, 7) is 8.54. The minimum atomic E-state index is -1.29. The zero-order chi connectivity index (χ0) is 13.3. The molecule has 2 aliphatic heterocycles. The Balaban J connectivity index is 1.74. The van der Waals surface area contributed by atoms with Crippen LogP contribution in [0.15, 0.2) is 18.2 Å². The van der Waals surface area contributed by atoms with Crippen molar-refractivity contribution in [1.29, 1.82) is 0 Å². The Morgan fingerprint density at radius 3 is 2.89 bits per heavy atom. The van der Waals surface area contributed by atoms with Crippen LogP contribution in [-0.4, -0.2) is 24.6 Å². The van der Waals surface area contributed by atoms with Gasteiger partial charge in [0.15, 0.2) is 17.8 Å². The molecule has 0 aliphatic carbocycles. The molecule has 1 fully saturated rings. The maximum atomic E-state index is 10.6. The van der Waals surface area contributed by atoms with Gasteiger partial charge in [-0.1, -0.05) is 18.2 Å². The van der Waals surface area contributed by atoms with E-state index in [1.54, 1.807) is 18.2 Å². The van der Waals surface area contributed by atoms with E-state index in [2.05, 4.69) is 4.85 Å². The van der Waals surface area contributed by atoms with E-state index < -0.39 is 5.79 Å². The average molecular weight is 261 g/mol. The topological polar surface area (TPSA) is 52.3 Å². The first-order valence-corrected chi connectivity index (χ1v) is 6.32. The molecule has 1 N–H and O–H groups in total. The fraction of sp³-hybridized carbons (Fsp3) is 0.500. The lowest BCUT2D eigenvalue weighted by Crippen LogP contribution is -2.26. The molecule has 2 heterocycles. The first-order valence-electron chi connectivity index (χ1n) is 6.32. The summed E-state index contributed by atoms with van der Waals surface area (Å²) in [5.74, 6) is -1.29. The van der Waals surface area contributed by atoms with Crippen LogP contribution in [0.5, 0.6) is 0 Å². The molecule has 0 amide bonds. The van der Waals surface area contributed by atoms with Crippen LogP contribution in [0.4, 0.5) is 5.69 Å².